The number of alkyl halides is 1. The van der Waals surface area contributed by atoms with Crippen molar-refractivity contribution in [3.05, 3.63) is 11.8 Å². The minimum atomic E-state index is -0.766. The van der Waals surface area contributed by atoms with Gasteiger partial charge in [0.05, 0.1) is 6.54 Å². The average Bonchev–Trinajstić information content (AvgIpc) is 2.74. The van der Waals surface area contributed by atoms with Crippen LogP contribution in [0.5, 0.6) is 0 Å². The first-order valence-corrected chi connectivity index (χ1v) is 6.20. The number of hydrogen-bond donors (Lipinski definition) is 0. The van der Waals surface area contributed by atoms with Crippen LogP contribution in [0.15, 0.2) is 6.07 Å². The molecular weight excluding hydrogens is 254 g/mol. The highest BCUT2D eigenvalue weighted by molar-refractivity contribution is 6.54. The maximum absolute atomic E-state index is 11.7. The molecule has 0 aliphatic carbocycles. The van der Waals surface area contributed by atoms with Crippen LogP contribution >= 0.6 is 11.6 Å². The van der Waals surface area contributed by atoms with E-state index in [1.165, 1.54) is 4.90 Å². The Bertz CT molecular complexity index is 516. The number of nitrogens with zero attached hydrogens (tertiary/aromatic N) is 3. The second-order valence-corrected chi connectivity index (χ2v) is 6.04. The van der Waals surface area contributed by atoms with Crippen LogP contribution in [0, 0.1) is 0 Å². The van der Waals surface area contributed by atoms with Crippen LogP contribution in [0.3, 0.4) is 0 Å². The number of carbonyl (C=O) groups is 2. The molecule has 1 aromatic heterocycles. The topological polar surface area (TPSA) is 55.2 Å². The van der Waals surface area contributed by atoms with E-state index in [2.05, 4.69) is 25.9 Å². The lowest BCUT2D eigenvalue weighted by Gasteiger charge is -2.17. The summed E-state index contributed by atoms with van der Waals surface area (Å²) >= 11 is 5.79. The highest BCUT2D eigenvalue weighted by atomic mass is 35.5. The van der Waals surface area contributed by atoms with Crippen LogP contribution in [-0.4, -0.2) is 33.4 Å². The van der Waals surface area contributed by atoms with Gasteiger partial charge in [-0.05, 0) is 0 Å². The van der Waals surface area contributed by atoms with Gasteiger partial charge in [0.1, 0.15) is 5.38 Å². The molecule has 0 N–H and O–H groups in total. The fraction of sp³-hybridized carbons (Fsp3) is 0.583. The number of carbonyl (C=O) groups excluding carboxylic acids is 2. The molecule has 18 heavy (non-hydrogen) atoms. The number of aryl methyl sites for hydroxylation is 1. The van der Waals surface area contributed by atoms with Gasteiger partial charge in [0.2, 0.25) is 5.78 Å². The number of aromatic nitrogens is 2. The summed E-state index contributed by atoms with van der Waals surface area (Å²) in [6, 6.07) is 1.83. The highest BCUT2D eigenvalue weighted by Gasteiger charge is 2.40. The van der Waals surface area contributed by atoms with Crippen LogP contribution in [0.2, 0.25) is 0 Å². The molecule has 6 heteroatoms. The number of rotatable bonds is 1. The summed E-state index contributed by atoms with van der Waals surface area (Å²) < 4.78 is 1.73. The van der Waals surface area contributed by atoms with Gasteiger partial charge >= 0.3 is 0 Å². The first-order chi connectivity index (χ1) is 8.21. The van der Waals surface area contributed by atoms with Crippen molar-refractivity contribution in [2.75, 3.05) is 11.4 Å². The first-order valence-electron chi connectivity index (χ1n) is 5.76. The Hall–Kier alpha value is -1.36. The number of ketones is 1. The van der Waals surface area contributed by atoms with E-state index in [9.17, 15) is 9.59 Å². The summed E-state index contributed by atoms with van der Waals surface area (Å²) in [7, 11) is 1.82. The third kappa shape index (κ3) is 2.03. The summed E-state index contributed by atoms with van der Waals surface area (Å²) in [5, 5.41) is 3.52. The van der Waals surface area contributed by atoms with Gasteiger partial charge in [-0.3, -0.25) is 19.2 Å². The molecule has 1 atom stereocenters. The van der Waals surface area contributed by atoms with Crippen molar-refractivity contribution in [3.63, 3.8) is 0 Å². The monoisotopic (exact) mass is 269 g/mol. The summed E-state index contributed by atoms with van der Waals surface area (Å²) in [5.41, 5.74) is 0.920. The van der Waals surface area contributed by atoms with Crippen molar-refractivity contribution in [2.24, 2.45) is 7.05 Å². The van der Waals surface area contributed by atoms with Gasteiger partial charge < -0.3 is 0 Å². The lowest BCUT2D eigenvalue weighted by molar-refractivity contribution is -0.133. The Morgan fingerprint density at radius 3 is 2.39 bits per heavy atom. The van der Waals surface area contributed by atoms with E-state index in [1.807, 2.05) is 13.1 Å². The van der Waals surface area contributed by atoms with Crippen molar-refractivity contribution in [1.29, 1.82) is 0 Å². The van der Waals surface area contributed by atoms with Crippen molar-refractivity contribution >= 4 is 29.1 Å². The van der Waals surface area contributed by atoms with Crippen molar-refractivity contribution < 1.29 is 9.59 Å². The standard InChI is InChI=1S/C12H16ClN3O2/c1-12(2,3)8-5-9(14-15(8)4)16-6-7(13)10(17)11(16)18/h5,7H,6H2,1-4H3. The molecule has 0 radical (unpaired) electrons. The second kappa shape index (κ2) is 4.09. The molecule has 1 fully saturated rings. The van der Waals surface area contributed by atoms with E-state index in [1.54, 1.807) is 4.68 Å². The summed E-state index contributed by atoms with van der Waals surface area (Å²) in [6.45, 7) is 6.39. The number of Topliss-reactive ketones (excluding diaryl/α,β-unsaturated/α-hetero) is 1. The number of hydrogen-bond acceptors (Lipinski definition) is 3. The molecule has 1 saturated heterocycles. The molecule has 1 aliphatic rings. The van der Waals surface area contributed by atoms with E-state index >= 15 is 0 Å². The third-order valence-electron chi connectivity index (χ3n) is 3.00. The van der Waals surface area contributed by atoms with Gasteiger partial charge in [-0.1, -0.05) is 20.8 Å². The smallest absolute Gasteiger partial charge is 0.287 e. The Balaban J connectivity index is 2.37. The summed E-state index contributed by atoms with van der Waals surface area (Å²) in [4.78, 5) is 24.5. The molecule has 98 valence electrons. The van der Waals surface area contributed by atoms with Gasteiger partial charge in [0.25, 0.3) is 5.91 Å². The van der Waals surface area contributed by atoms with Crippen molar-refractivity contribution in [3.8, 4) is 0 Å². The van der Waals surface area contributed by atoms with Gasteiger partial charge in [-0.2, -0.15) is 5.10 Å². The molecule has 1 amide bonds. The van der Waals surface area contributed by atoms with Crippen LogP contribution in [0.1, 0.15) is 26.5 Å². The van der Waals surface area contributed by atoms with E-state index in [4.69, 9.17) is 11.6 Å². The van der Waals surface area contributed by atoms with Gasteiger partial charge in [0, 0.05) is 24.2 Å². The molecule has 1 aromatic rings. The molecule has 0 saturated carbocycles. The van der Waals surface area contributed by atoms with Crippen LogP contribution < -0.4 is 4.90 Å². The third-order valence-corrected chi connectivity index (χ3v) is 3.33. The van der Waals surface area contributed by atoms with Gasteiger partial charge in [0.15, 0.2) is 5.82 Å². The summed E-state index contributed by atoms with van der Waals surface area (Å²) in [5.74, 6) is -0.642. The molecule has 1 unspecified atom stereocenters. The number of halogens is 1. The van der Waals surface area contributed by atoms with Gasteiger partial charge in [-0.15, -0.1) is 11.6 Å². The maximum Gasteiger partial charge on any atom is 0.297 e. The SMILES string of the molecule is Cn1nc(N2CC(Cl)C(=O)C2=O)cc1C(C)(C)C. The Labute approximate surface area is 111 Å². The number of amides is 1. The molecule has 0 aromatic carbocycles. The number of anilines is 1. The molecule has 2 heterocycles. The highest BCUT2D eigenvalue weighted by Crippen LogP contribution is 2.28. The molecule has 0 spiro atoms. The quantitative estimate of drug-likeness (QED) is 0.569. The second-order valence-electron chi connectivity index (χ2n) is 5.51. The van der Waals surface area contributed by atoms with E-state index in [0.717, 1.165) is 5.69 Å². The fourth-order valence-corrected chi connectivity index (χ4v) is 2.31. The molecule has 5 nitrogen and oxygen atoms in total. The Morgan fingerprint density at radius 1 is 1.39 bits per heavy atom. The van der Waals surface area contributed by atoms with Crippen molar-refractivity contribution in [2.45, 2.75) is 31.6 Å². The molecule has 1 aliphatic heterocycles. The Kier molecular flexibility index (Phi) is 2.97. The van der Waals surface area contributed by atoms with Crippen LogP contribution in [-0.2, 0) is 22.1 Å². The predicted molar refractivity (Wildman–Crippen MR) is 68.9 cm³/mol. The minimum absolute atomic E-state index is 0.0762. The summed E-state index contributed by atoms with van der Waals surface area (Å²) in [6.07, 6.45) is 0. The van der Waals surface area contributed by atoms with E-state index in [0.29, 0.717) is 5.82 Å². The first kappa shape index (κ1) is 13.1. The minimum Gasteiger partial charge on any atom is -0.287 e. The maximum atomic E-state index is 11.7. The van der Waals surface area contributed by atoms with Crippen LogP contribution in [0.4, 0.5) is 5.82 Å². The van der Waals surface area contributed by atoms with Crippen molar-refractivity contribution in [1.82, 2.24) is 9.78 Å². The normalized spacial score (nSPS) is 20.9. The van der Waals surface area contributed by atoms with E-state index < -0.39 is 17.1 Å². The molecular formula is C12H16ClN3O2. The van der Waals surface area contributed by atoms with E-state index in [-0.39, 0.29) is 12.0 Å². The zero-order valence-electron chi connectivity index (χ0n) is 10.9. The molecule has 2 rings (SSSR count). The Morgan fingerprint density at radius 2 is 2.00 bits per heavy atom. The fourth-order valence-electron chi connectivity index (χ4n) is 2.08. The zero-order chi connectivity index (χ0) is 13.7. The molecule has 0 bridgehead atoms. The average molecular weight is 270 g/mol. The predicted octanol–water partition coefficient (Wildman–Crippen LogP) is 1.24. The lowest BCUT2D eigenvalue weighted by atomic mass is 9.92. The zero-order valence-corrected chi connectivity index (χ0v) is 11.7. The van der Waals surface area contributed by atoms with Gasteiger partial charge in [-0.25, -0.2) is 0 Å². The van der Waals surface area contributed by atoms with Crippen LogP contribution in [0.25, 0.3) is 0 Å². The lowest BCUT2D eigenvalue weighted by Crippen LogP contribution is -2.27. The largest absolute Gasteiger partial charge is 0.297 e.